The minimum Gasteiger partial charge on any atom is -0.368 e. The van der Waals surface area contributed by atoms with Crippen LogP contribution in [0.1, 0.15) is 6.92 Å². The van der Waals surface area contributed by atoms with E-state index in [-0.39, 0.29) is 23.5 Å². The van der Waals surface area contributed by atoms with Crippen molar-refractivity contribution in [3.8, 4) is 0 Å². The molecular formula is C9H16N6O2. The minimum atomic E-state index is -0.538. The minimum absolute atomic E-state index is 0.00940. The number of nitrogens with zero attached hydrogens (tertiary/aromatic N) is 4. The molecule has 0 spiro atoms. The second kappa shape index (κ2) is 5.39. The van der Waals surface area contributed by atoms with E-state index in [2.05, 4.69) is 15.3 Å². The lowest BCUT2D eigenvalue weighted by Gasteiger charge is -2.18. The number of nitrogens with two attached hydrogens (primary N) is 1. The van der Waals surface area contributed by atoms with Crippen molar-refractivity contribution < 1.29 is 4.92 Å². The molecule has 0 saturated carbocycles. The Morgan fingerprint density at radius 2 is 2.29 bits per heavy atom. The zero-order valence-electron chi connectivity index (χ0n) is 10.0. The van der Waals surface area contributed by atoms with Crippen LogP contribution in [0, 0.1) is 10.1 Å². The van der Waals surface area contributed by atoms with E-state index in [0.717, 1.165) is 12.7 Å². The van der Waals surface area contributed by atoms with E-state index in [4.69, 9.17) is 5.73 Å². The molecule has 1 heterocycles. The van der Waals surface area contributed by atoms with Crippen LogP contribution in [0.25, 0.3) is 0 Å². The summed E-state index contributed by atoms with van der Waals surface area (Å²) in [4.78, 5) is 19.6. The predicted octanol–water partition coefficient (Wildman–Crippen LogP) is 0.329. The van der Waals surface area contributed by atoms with Crippen molar-refractivity contribution in [2.75, 3.05) is 31.7 Å². The van der Waals surface area contributed by atoms with Crippen LogP contribution in [-0.2, 0) is 0 Å². The van der Waals surface area contributed by atoms with E-state index < -0.39 is 4.92 Å². The molecule has 1 atom stereocenters. The summed E-state index contributed by atoms with van der Waals surface area (Å²) in [5.74, 6) is 0.159. The molecule has 1 unspecified atom stereocenters. The molecule has 8 heteroatoms. The number of aromatic nitrogens is 2. The first-order chi connectivity index (χ1) is 7.90. The Hall–Kier alpha value is -1.96. The van der Waals surface area contributed by atoms with Gasteiger partial charge < -0.3 is 16.0 Å². The monoisotopic (exact) mass is 240 g/mol. The molecule has 0 aliphatic heterocycles. The largest absolute Gasteiger partial charge is 0.368 e. The van der Waals surface area contributed by atoms with Gasteiger partial charge in [-0.05, 0) is 21.0 Å². The highest BCUT2D eigenvalue weighted by molar-refractivity contribution is 5.56. The topological polar surface area (TPSA) is 110 Å². The van der Waals surface area contributed by atoms with Gasteiger partial charge >= 0.3 is 5.69 Å². The Morgan fingerprint density at radius 1 is 1.65 bits per heavy atom. The van der Waals surface area contributed by atoms with E-state index in [1.54, 1.807) is 0 Å². The average Bonchev–Trinajstić information content (AvgIpc) is 2.15. The third-order valence-corrected chi connectivity index (χ3v) is 2.01. The zero-order valence-corrected chi connectivity index (χ0v) is 10.0. The second-order valence-corrected chi connectivity index (χ2v) is 4.03. The van der Waals surface area contributed by atoms with Crippen LogP contribution in [0.15, 0.2) is 6.20 Å². The predicted molar refractivity (Wildman–Crippen MR) is 64.7 cm³/mol. The van der Waals surface area contributed by atoms with Gasteiger partial charge in [0.2, 0.25) is 11.8 Å². The number of rotatable bonds is 5. The lowest BCUT2D eigenvalue weighted by atomic mass is 10.3. The summed E-state index contributed by atoms with van der Waals surface area (Å²) in [7, 11) is 3.84. The maximum Gasteiger partial charge on any atom is 0.329 e. The van der Waals surface area contributed by atoms with Crippen molar-refractivity contribution in [2.24, 2.45) is 0 Å². The molecule has 0 aliphatic carbocycles. The van der Waals surface area contributed by atoms with Crippen LogP contribution in [-0.4, -0.2) is 46.5 Å². The molecule has 1 aromatic heterocycles. The van der Waals surface area contributed by atoms with Crippen LogP contribution >= 0.6 is 0 Å². The number of nitrogen functional groups attached to an aromatic ring is 1. The Bertz CT molecular complexity index is 408. The Kier molecular flexibility index (Phi) is 4.16. The van der Waals surface area contributed by atoms with Crippen molar-refractivity contribution in [1.82, 2.24) is 14.9 Å². The number of hydrogen-bond acceptors (Lipinski definition) is 7. The summed E-state index contributed by atoms with van der Waals surface area (Å²) in [6.45, 7) is 2.63. The third-order valence-electron chi connectivity index (χ3n) is 2.01. The number of hydrogen-bond donors (Lipinski definition) is 2. The first kappa shape index (κ1) is 13.1. The van der Waals surface area contributed by atoms with E-state index in [0.29, 0.717) is 0 Å². The molecule has 0 bridgehead atoms. The molecule has 8 nitrogen and oxygen atoms in total. The fraction of sp³-hybridized carbons (Fsp3) is 0.556. The highest BCUT2D eigenvalue weighted by Crippen LogP contribution is 2.21. The van der Waals surface area contributed by atoms with E-state index in [1.165, 1.54) is 0 Å². The first-order valence-electron chi connectivity index (χ1n) is 5.08. The maximum absolute atomic E-state index is 10.8. The lowest BCUT2D eigenvalue weighted by molar-refractivity contribution is -0.384. The number of likely N-dealkylation sites (N-methyl/N-ethyl adjacent to an activating group) is 1. The lowest BCUT2D eigenvalue weighted by Crippen LogP contribution is -2.30. The maximum atomic E-state index is 10.8. The molecule has 1 rings (SSSR count). The third kappa shape index (κ3) is 3.83. The molecule has 0 aromatic carbocycles. The summed E-state index contributed by atoms with van der Waals surface area (Å²) in [6.07, 6.45) is 1.10. The number of nitrogens with one attached hydrogen (secondary N) is 1. The highest BCUT2D eigenvalue weighted by Gasteiger charge is 2.18. The van der Waals surface area contributed by atoms with Crippen LogP contribution in [0.5, 0.6) is 0 Å². The van der Waals surface area contributed by atoms with Crippen molar-refractivity contribution >= 4 is 17.5 Å². The fourth-order valence-electron chi connectivity index (χ4n) is 1.46. The van der Waals surface area contributed by atoms with Gasteiger partial charge in [0.05, 0.1) is 4.92 Å². The first-order valence-corrected chi connectivity index (χ1v) is 5.08. The van der Waals surface area contributed by atoms with Crippen LogP contribution in [0.3, 0.4) is 0 Å². The van der Waals surface area contributed by atoms with Crippen LogP contribution in [0.2, 0.25) is 0 Å². The molecule has 1 aromatic rings. The van der Waals surface area contributed by atoms with Crippen LogP contribution < -0.4 is 11.1 Å². The standard InChI is InChI=1S/C9H16N6O2/c1-6(5-14(2)3)12-8-7(15(16)17)4-11-9(10)13-8/h4,6H,5H2,1-3H3,(H3,10,11,12,13). The number of anilines is 2. The SMILES string of the molecule is CC(CN(C)C)Nc1nc(N)ncc1[N+](=O)[O-]. The highest BCUT2D eigenvalue weighted by atomic mass is 16.6. The quantitative estimate of drug-likeness (QED) is 0.563. The van der Waals surface area contributed by atoms with Gasteiger partial charge in [-0.2, -0.15) is 4.98 Å². The van der Waals surface area contributed by atoms with Crippen molar-refractivity contribution in [3.05, 3.63) is 16.3 Å². The fourth-order valence-corrected chi connectivity index (χ4v) is 1.46. The van der Waals surface area contributed by atoms with Crippen LogP contribution in [0.4, 0.5) is 17.5 Å². The summed E-state index contributed by atoms with van der Waals surface area (Å²) < 4.78 is 0. The summed E-state index contributed by atoms with van der Waals surface area (Å²) in [5.41, 5.74) is 5.23. The molecule has 17 heavy (non-hydrogen) atoms. The van der Waals surface area contributed by atoms with Crippen molar-refractivity contribution in [3.63, 3.8) is 0 Å². The Labute approximate surface area is 99.0 Å². The van der Waals surface area contributed by atoms with E-state index >= 15 is 0 Å². The van der Waals surface area contributed by atoms with E-state index in [9.17, 15) is 10.1 Å². The van der Waals surface area contributed by atoms with Gasteiger partial charge in [0.15, 0.2) is 0 Å². The zero-order chi connectivity index (χ0) is 13.0. The Balaban J connectivity index is 2.88. The average molecular weight is 240 g/mol. The van der Waals surface area contributed by atoms with Crippen molar-refractivity contribution in [2.45, 2.75) is 13.0 Å². The smallest absolute Gasteiger partial charge is 0.329 e. The van der Waals surface area contributed by atoms with Gasteiger partial charge in [-0.1, -0.05) is 0 Å². The van der Waals surface area contributed by atoms with Gasteiger partial charge in [0.1, 0.15) is 6.20 Å². The Morgan fingerprint density at radius 3 is 2.82 bits per heavy atom. The molecule has 0 radical (unpaired) electrons. The van der Waals surface area contributed by atoms with E-state index in [1.807, 2.05) is 25.9 Å². The molecular weight excluding hydrogens is 224 g/mol. The normalized spacial score (nSPS) is 12.5. The van der Waals surface area contributed by atoms with Gasteiger partial charge in [-0.15, -0.1) is 0 Å². The molecule has 94 valence electrons. The van der Waals surface area contributed by atoms with Crippen molar-refractivity contribution in [1.29, 1.82) is 0 Å². The summed E-state index contributed by atoms with van der Waals surface area (Å²) in [5, 5.41) is 13.7. The van der Waals surface area contributed by atoms with Gasteiger partial charge in [0.25, 0.3) is 0 Å². The number of nitro groups is 1. The molecule has 0 amide bonds. The molecule has 3 N–H and O–H groups in total. The second-order valence-electron chi connectivity index (χ2n) is 4.03. The summed E-state index contributed by atoms with van der Waals surface area (Å²) >= 11 is 0. The van der Waals surface area contributed by atoms with Gasteiger partial charge in [-0.25, -0.2) is 4.98 Å². The molecule has 0 fully saturated rings. The molecule has 0 aliphatic rings. The van der Waals surface area contributed by atoms with Gasteiger partial charge in [-0.3, -0.25) is 10.1 Å². The molecule has 0 saturated heterocycles. The summed E-state index contributed by atoms with van der Waals surface area (Å²) in [6, 6.07) is 0.0120. The van der Waals surface area contributed by atoms with Gasteiger partial charge in [0, 0.05) is 12.6 Å².